The van der Waals surface area contributed by atoms with Gasteiger partial charge in [0.1, 0.15) is 5.02 Å². The molecule has 2 aromatic rings. The Morgan fingerprint density at radius 3 is 2.67 bits per heavy atom. The van der Waals surface area contributed by atoms with Crippen LogP contribution < -0.4 is 16.0 Å². The lowest BCUT2D eigenvalue weighted by Crippen LogP contribution is -2.47. The molecule has 0 saturated carbocycles. The van der Waals surface area contributed by atoms with E-state index in [2.05, 4.69) is 20.0 Å². The van der Waals surface area contributed by atoms with Crippen molar-refractivity contribution in [2.45, 2.75) is 20.0 Å². The SMILES string of the molecule is CCn1c(CN2CCN(c3cn[nH]c(=O)c3Cl)CC2)cccc1=O. The largest absolute Gasteiger partial charge is 0.366 e. The summed E-state index contributed by atoms with van der Waals surface area (Å²) in [6.07, 6.45) is 1.59. The Morgan fingerprint density at radius 1 is 1.21 bits per heavy atom. The second-order valence-corrected chi connectivity index (χ2v) is 6.14. The Morgan fingerprint density at radius 2 is 1.96 bits per heavy atom. The molecular formula is C16H20ClN5O2. The molecule has 24 heavy (non-hydrogen) atoms. The Kier molecular flexibility index (Phi) is 5.01. The van der Waals surface area contributed by atoms with Crippen molar-refractivity contribution < 1.29 is 0 Å². The standard InChI is InChI=1S/C16H20ClN5O2/c1-2-22-12(4-3-5-14(22)23)11-20-6-8-21(9-7-20)13-10-18-19-16(24)15(13)17/h3-5,10H,2,6-9,11H2,1H3,(H,19,24). The van der Waals surface area contributed by atoms with Gasteiger partial charge >= 0.3 is 0 Å². The minimum absolute atomic E-state index is 0.0370. The quantitative estimate of drug-likeness (QED) is 0.888. The van der Waals surface area contributed by atoms with Crippen LogP contribution in [0.3, 0.4) is 0 Å². The zero-order valence-corrected chi connectivity index (χ0v) is 14.3. The number of aromatic nitrogens is 3. The first-order chi connectivity index (χ1) is 11.6. The summed E-state index contributed by atoms with van der Waals surface area (Å²) in [5, 5.41) is 6.34. The summed E-state index contributed by atoms with van der Waals surface area (Å²) in [7, 11) is 0. The summed E-state index contributed by atoms with van der Waals surface area (Å²) < 4.78 is 1.80. The highest BCUT2D eigenvalue weighted by atomic mass is 35.5. The van der Waals surface area contributed by atoms with Crippen molar-refractivity contribution in [3.8, 4) is 0 Å². The summed E-state index contributed by atoms with van der Waals surface area (Å²) in [6.45, 7) is 6.56. The molecule has 1 aliphatic rings. The summed E-state index contributed by atoms with van der Waals surface area (Å²) in [4.78, 5) is 27.8. The highest BCUT2D eigenvalue weighted by Gasteiger charge is 2.21. The van der Waals surface area contributed by atoms with Crippen LogP contribution in [0.15, 0.2) is 34.0 Å². The zero-order chi connectivity index (χ0) is 17.1. The Balaban J connectivity index is 1.68. The number of nitrogens with zero attached hydrogens (tertiary/aromatic N) is 4. The van der Waals surface area contributed by atoms with Gasteiger partial charge in [0, 0.05) is 51.0 Å². The zero-order valence-electron chi connectivity index (χ0n) is 13.5. The molecular weight excluding hydrogens is 330 g/mol. The van der Waals surface area contributed by atoms with E-state index in [0.29, 0.717) is 12.2 Å². The number of nitrogens with one attached hydrogen (secondary N) is 1. The number of aromatic amines is 1. The number of halogens is 1. The van der Waals surface area contributed by atoms with Crippen LogP contribution in [0.1, 0.15) is 12.6 Å². The van der Waals surface area contributed by atoms with Crippen LogP contribution in [0, 0.1) is 0 Å². The van der Waals surface area contributed by atoms with E-state index < -0.39 is 0 Å². The smallest absolute Gasteiger partial charge is 0.285 e. The second-order valence-electron chi connectivity index (χ2n) is 5.76. The first-order valence-electron chi connectivity index (χ1n) is 7.99. The molecule has 0 amide bonds. The van der Waals surface area contributed by atoms with Gasteiger partial charge in [-0.2, -0.15) is 5.10 Å². The first-order valence-corrected chi connectivity index (χ1v) is 8.37. The van der Waals surface area contributed by atoms with E-state index in [4.69, 9.17) is 11.6 Å². The lowest BCUT2D eigenvalue weighted by atomic mass is 10.2. The van der Waals surface area contributed by atoms with Crippen molar-refractivity contribution in [3.63, 3.8) is 0 Å². The maximum atomic E-state index is 11.9. The molecule has 1 N–H and O–H groups in total. The van der Waals surface area contributed by atoms with Crippen LogP contribution in [-0.2, 0) is 13.1 Å². The predicted octanol–water partition coefficient (Wildman–Crippen LogP) is 0.927. The molecule has 0 atom stereocenters. The van der Waals surface area contributed by atoms with Gasteiger partial charge in [0.05, 0.1) is 11.9 Å². The summed E-state index contributed by atoms with van der Waals surface area (Å²) in [6, 6.07) is 5.39. The average molecular weight is 350 g/mol. The van der Waals surface area contributed by atoms with Crippen molar-refractivity contribution in [3.05, 3.63) is 55.8 Å². The molecule has 0 aliphatic carbocycles. The molecule has 0 unspecified atom stereocenters. The van der Waals surface area contributed by atoms with Gasteiger partial charge < -0.3 is 9.47 Å². The molecule has 0 radical (unpaired) electrons. The number of hydrogen-bond acceptors (Lipinski definition) is 5. The predicted molar refractivity (Wildman–Crippen MR) is 93.7 cm³/mol. The molecule has 3 rings (SSSR count). The van der Waals surface area contributed by atoms with E-state index >= 15 is 0 Å². The summed E-state index contributed by atoms with van der Waals surface area (Å²) in [5.41, 5.74) is 1.36. The van der Waals surface area contributed by atoms with Crippen LogP contribution in [0.25, 0.3) is 0 Å². The number of anilines is 1. The molecule has 1 aliphatic heterocycles. The molecule has 2 aromatic heterocycles. The Hall–Kier alpha value is -2.12. The number of H-pyrrole nitrogens is 1. The van der Waals surface area contributed by atoms with E-state index in [1.54, 1.807) is 16.8 Å². The molecule has 7 nitrogen and oxygen atoms in total. The fourth-order valence-electron chi connectivity index (χ4n) is 3.03. The molecule has 0 spiro atoms. The number of piperazine rings is 1. The molecule has 128 valence electrons. The fraction of sp³-hybridized carbons (Fsp3) is 0.438. The van der Waals surface area contributed by atoms with Crippen LogP contribution in [-0.4, -0.2) is 45.8 Å². The first kappa shape index (κ1) is 16.7. The lowest BCUT2D eigenvalue weighted by Gasteiger charge is -2.36. The van der Waals surface area contributed by atoms with E-state index in [0.717, 1.165) is 38.4 Å². The molecule has 0 aromatic carbocycles. The molecule has 1 fully saturated rings. The van der Waals surface area contributed by atoms with Crippen LogP contribution in [0.4, 0.5) is 5.69 Å². The topological polar surface area (TPSA) is 74.2 Å². The van der Waals surface area contributed by atoms with Crippen LogP contribution in [0.5, 0.6) is 0 Å². The number of rotatable bonds is 4. The lowest BCUT2D eigenvalue weighted by molar-refractivity contribution is 0.243. The highest BCUT2D eigenvalue weighted by Crippen LogP contribution is 2.22. The third-order valence-electron chi connectivity index (χ3n) is 4.33. The monoisotopic (exact) mass is 349 g/mol. The number of pyridine rings is 1. The van der Waals surface area contributed by atoms with Gasteiger partial charge in [0.15, 0.2) is 0 Å². The molecule has 8 heteroatoms. The van der Waals surface area contributed by atoms with Crippen LogP contribution in [0.2, 0.25) is 5.02 Å². The average Bonchev–Trinajstić information content (AvgIpc) is 2.58. The van der Waals surface area contributed by atoms with Crippen molar-refractivity contribution in [2.24, 2.45) is 0 Å². The van der Waals surface area contributed by atoms with E-state index in [-0.39, 0.29) is 16.1 Å². The van der Waals surface area contributed by atoms with Gasteiger partial charge in [-0.15, -0.1) is 0 Å². The normalized spacial score (nSPS) is 15.7. The van der Waals surface area contributed by atoms with Gasteiger partial charge in [0.2, 0.25) is 0 Å². The molecule has 1 saturated heterocycles. The van der Waals surface area contributed by atoms with E-state index in [1.165, 1.54) is 0 Å². The van der Waals surface area contributed by atoms with Gasteiger partial charge in [-0.25, -0.2) is 5.10 Å². The summed E-state index contributed by atoms with van der Waals surface area (Å²) in [5.74, 6) is 0. The second kappa shape index (κ2) is 7.19. The van der Waals surface area contributed by atoms with Gasteiger partial charge in [-0.3, -0.25) is 14.5 Å². The van der Waals surface area contributed by atoms with Crippen molar-refractivity contribution in [2.75, 3.05) is 31.1 Å². The van der Waals surface area contributed by atoms with Crippen LogP contribution >= 0.6 is 11.6 Å². The van der Waals surface area contributed by atoms with E-state index in [1.807, 2.05) is 19.1 Å². The maximum absolute atomic E-state index is 11.9. The third-order valence-corrected chi connectivity index (χ3v) is 4.70. The number of hydrogen-bond donors (Lipinski definition) is 1. The minimum atomic E-state index is -0.368. The third kappa shape index (κ3) is 3.37. The fourth-order valence-corrected chi connectivity index (χ4v) is 3.24. The highest BCUT2D eigenvalue weighted by molar-refractivity contribution is 6.32. The maximum Gasteiger partial charge on any atom is 0.285 e. The van der Waals surface area contributed by atoms with Crippen molar-refractivity contribution in [1.29, 1.82) is 0 Å². The molecule has 0 bridgehead atoms. The van der Waals surface area contributed by atoms with Gasteiger partial charge in [-0.05, 0) is 13.0 Å². The van der Waals surface area contributed by atoms with Crippen molar-refractivity contribution in [1.82, 2.24) is 19.7 Å². The Labute approximate surface area is 144 Å². The minimum Gasteiger partial charge on any atom is -0.366 e. The van der Waals surface area contributed by atoms with E-state index in [9.17, 15) is 9.59 Å². The van der Waals surface area contributed by atoms with Crippen molar-refractivity contribution >= 4 is 17.3 Å². The molecule has 3 heterocycles. The Bertz CT molecular complexity index is 824. The summed E-state index contributed by atoms with van der Waals surface area (Å²) >= 11 is 6.07. The van der Waals surface area contributed by atoms with Gasteiger partial charge in [-0.1, -0.05) is 17.7 Å². The van der Waals surface area contributed by atoms with Gasteiger partial charge in [0.25, 0.3) is 11.1 Å².